The first kappa shape index (κ1) is 74.1. The van der Waals surface area contributed by atoms with E-state index in [0.717, 1.165) is 128 Å². The Morgan fingerprint density at radius 1 is 0.269 bits per heavy atom. The summed E-state index contributed by atoms with van der Waals surface area (Å²) in [6, 6.07) is 0. The molecule has 0 heterocycles. The molecule has 0 aromatic heterocycles. The van der Waals surface area contributed by atoms with Crippen molar-refractivity contribution in [3.8, 4) is 0 Å². The summed E-state index contributed by atoms with van der Waals surface area (Å²) in [4.78, 5) is 38.4. The Morgan fingerprint density at radius 2 is 0.500 bits per heavy atom. The zero-order valence-electron chi connectivity index (χ0n) is 51.2. The van der Waals surface area contributed by atoms with E-state index >= 15 is 0 Å². The normalized spacial score (nSPS) is 12.8. The molecule has 0 fully saturated rings. The Bertz CT molecular complexity index is 1570. The Morgan fingerprint density at radius 3 is 0.808 bits per heavy atom. The number of unbranched alkanes of at least 4 members (excludes halogenated alkanes) is 30. The number of carbonyl (C=O) groups is 3. The first-order chi connectivity index (χ1) is 38.5. The molecule has 0 aromatic carbocycles. The second kappa shape index (κ2) is 65.6. The Hall–Kier alpha value is -3.93. The minimum atomic E-state index is -0.790. The van der Waals surface area contributed by atoms with Gasteiger partial charge < -0.3 is 14.2 Å². The van der Waals surface area contributed by atoms with Crippen LogP contribution in [-0.4, -0.2) is 37.2 Å². The number of rotatable bonds is 59. The lowest BCUT2D eigenvalue weighted by atomic mass is 10.0. The van der Waals surface area contributed by atoms with E-state index in [-0.39, 0.29) is 31.1 Å². The van der Waals surface area contributed by atoms with Crippen LogP contribution in [0.5, 0.6) is 0 Å². The van der Waals surface area contributed by atoms with Gasteiger partial charge in [-0.05, 0) is 109 Å². The minimum absolute atomic E-state index is 0.0842. The predicted octanol–water partition coefficient (Wildman–Crippen LogP) is 22.6. The lowest BCUT2D eigenvalue weighted by molar-refractivity contribution is -0.167. The Balaban J connectivity index is 4.39. The number of ether oxygens (including phenoxy) is 3. The SMILES string of the molecule is CC/C=C\C/C=C\C/C=C\C/C=C\C/C=C\C/C=C\C/C=C\CCCCCCCC(=O)OCC(COC(=O)CCCCCCCCCCCCCCCC)OC(=O)CCCCCCCCCCC/C=C\C/C=C\CCCCC. The average Bonchev–Trinajstić information content (AvgIpc) is 3.44. The summed E-state index contributed by atoms with van der Waals surface area (Å²) in [5.74, 6) is -0.898. The van der Waals surface area contributed by atoms with Gasteiger partial charge in [0.15, 0.2) is 6.10 Å². The predicted molar refractivity (Wildman–Crippen MR) is 339 cm³/mol. The van der Waals surface area contributed by atoms with Crippen LogP contribution in [0, 0.1) is 0 Å². The van der Waals surface area contributed by atoms with E-state index in [1.54, 1.807) is 0 Å². The molecule has 0 aliphatic carbocycles. The third-order valence-electron chi connectivity index (χ3n) is 14.0. The third-order valence-corrected chi connectivity index (χ3v) is 14.0. The van der Waals surface area contributed by atoms with Crippen LogP contribution < -0.4 is 0 Å². The molecule has 0 aliphatic heterocycles. The topological polar surface area (TPSA) is 78.9 Å². The molecular formula is C72H122O6. The number of allylic oxidation sites excluding steroid dienone is 18. The summed E-state index contributed by atoms with van der Waals surface area (Å²) in [6.07, 6.45) is 89.4. The van der Waals surface area contributed by atoms with Gasteiger partial charge in [-0.15, -0.1) is 0 Å². The van der Waals surface area contributed by atoms with Gasteiger partial charge in [-0.1, -0.05) is 291 Å². The molecule has 6 nitrogen and oxygen atoms in total. The highest BCUT2D eigenvalue weighted by Gasteiger charge is 2.19. The van der Waals surface area contributed by atoms with Crippen LogP contribution in [-0.2, 0) is 28.6 Å². The largest absolute Gasteiger partial charge is 0.462 e. The Labute approximate surface area is 482 Å². The summed E-state index contributed by atoms with van der Waals surface area (Å²) in [5.41, 5.74) is 0. The monoisotopic (exact) mass is 1080 g/mol. The van der Waals surface area contributed by atoms with E-state index < -0.39 is 6.10 Å². The number of hydrogen-bond donors (Lipinski definition) is 0. The van der Waals surface area contributed by atoms with Crippen molar-refractivity contribution in [2.75, 3.05) is 13.2 Å². The van der Waals surface area contributed by atoms with Crippen LogP contribution in [0.15, 0.2) is 109 Å². The summed E-state index contributed by atoms with van der Waals surface area (Å²) in [7, 11) is 0. The van der Waals surface area contributed by atoms with Crippen LogP contribution in [0.1, 0.15) is 310 Å². The van der Waals surface area contributed by atoms with Gasteiger partial charge in [0.1, 0.15) is 13.2 Å². The molecule has 6 heteroatoms. The van der Waals surface area contributed by atoms with E-state index in [1.807, 2.05) is 0 Å². The first-order valence-electron chi connectivity index (χ1n) is 32.9. The molecule has 0 aromatic rings. The molecule has 0 saturated carbocycles. The molecule has 1 atom stereocenters. The summed E-state index contributed by atoms with van der Waals surface area (Å²) in [6.45, 7) is 6.51. The summed E-state index contributed by atoms with van der Waals surface area (Å²) >= 11 is 0. The fourth-order valence-corrected chi connectivity index (χ4v) is 9.10. The van der Waals surface area contributed by atoms with Crippen molar-refractivity contribution < 1.29 is 28.6 Å². The van der Waals surface area contributed by atoms with Gasteiger partial charge in [0, 0.05) is 19.3 Å². The molecule has 0 aliphatic rings. The van der Waals surface area contributed by atoms with Gasteiger partial charge in [-0.2, -0.15) is 0 Å². The second-order valence-electron chi connectivity index (χ2n) is 21.6. The molecule has 0 N–H and O–H groups in total. The lowest BCUT2D eigenvalue weighted by Gasteiger charge is -2.18. The van der Waals surface area contributed by atoms with E-state index in [0.29, 0.717) is 19.3 Å². The second-order valence-corrected chi connectivity index (χ2v) is 21.6. The van der Waals surface area contributed by atoms with Crippen molar-refractivity contribution in [2.45, 2.75) is 316 Å². The van der Waals surface area contributed by atoms with Gasteiger partial charge in [0.2, 0.25) is 0 Å². The number of hydrogen-bond acceptors (Lipinski definition) is 6. The molecule has 0 saturated heterocycles. The van der Waals surface area contributed by atoms with E-state index in [9.17, 15) is 14.4 Å². The zero-order chi connectivity index (χ0) is 56.4. The number of esters is 3. The highest BCUT2D eigenvalue weighted by atomic mass is 16.6. The van der Waals surface area contributed by atoms with Crippen LogP contribution in [0.4, 0.5) is 0 Å². The minimum Gasteiger partial charge on any atom is -0.462 e. The molecule has 0 rings (SSSR count). The fraction of sp³-hybridized carbons (Fsp3) is 0.708. The highest BCUT2D eigenvalue weighted by molar-refractivity contribution is 5.71. The summed E-state index contributed by atoms with van der Waals surface area (Å²) in [5, 5.41) is 0. The smallest absolute Gasteiger partial charge is 0.306 e. The van der Waals surface area contributed by atoms with Crippen LogP contribution in [0.25, 0.3) is 0 Å². The van der Waals surface area contributed by atoms with E-state index in [4.69, 9.17) is 14.2 Å². The average molecular weight is 1080 g/mol. The third kappa shape index (κ3) is 62.9. The number of carbonyl (C=O) groups excluding carboxylic acids is 3. The maximum atomic E-state index is 12.9. The maximum absolute atomic E-state index is 12.9. The van der Waals surface area contributed by atoms with Crippen molar-refractivity contribution in [1.82, 2.24) is 0 Å². The van der Waals surface area contributed by atoms with Crippen molar-refractivity contribution >= 4 is 17.9 Å². The Kier molecular flexibility index (Phi) is 62.3. The van der Waals surface area contributed by atoms with E-state index in [2.05, 4.69) is 130 Å². The van der Waals surface area contributed by atoms with Gasteiger partial charge in [0.05, 0.1) is 0 Å². The van der Waals surface area contributed by atoms with Crippen LogP contribution >= 0.6 is 0 Å². The molecular weight excluding hydrogens is 961 g/mol. The van der Waals surface area contributed by atoms with Gasteiger partial charge in [-0.25, -0.2) is 0 Å². The van der Waals surface area contributed by atoms with Gasteiger partial charge in [-0.3, -0.25) is 14.4 Å². The molecule has 0 amide bonds. The lowest BCUT2D eigenvalue weighted by Crippen LogP contribution is -2.30. The fourth-order valence-electron chi connectivity index (χ4n) is 9.10. The molecule has 1 unspecified atom stereocenters. The molecule has 0 radical (unpaired) electrons. The zero-order valence-corrected chi connectivity index (χ0v) is 51.2. The highest BCUT2D eigenvalue weighted by Crippen LogP contribution is 2.16. The standard InChI is InChI=1S/C72H122O6/c1-4-7-10-13-16-19-22-25-28-30-32-33-34-35-36-37-38-39-41-42-44-47-50-53-56-59-62-65-71(74)77-68-69(67-76-70(73)64-61-58-55-52-49-46-27-24-21-18-15-12-9-6-3)78-72(75)66-63-60-57-54-51-48-45-43-40-31-29-26-23-20-17-14-11-8-5-2/h7,10,16-17,19-20,25-26,28-29,32-33,35-36,38-39,42,44,69H,4-6,8-9,11-15,18,21-24,27,30-31,34,37,40-41,43,45-68H2,1-3H3/b10-7-,19-16-,20-17-,28-25-,29-26-,33-32-,36-35-,39-38-,44-42-. The maximum Gasteiger partial charge on any atom is 0.306 e. The first-order valence-corrected chi connectivity index (χ1v) is 32.9. The van der Waals surface area contributed by atoms with Crippen LogP contribution in [0.2, 0.25) is 0 Å². The summed E-state index contributed by atoms with van der Waals surface area (Å²) < 4.78 is 16.9. The van der Waals surface area contributed by atoms with Gasteiger partial charge >= 0.3 is 17.9 Å². The molecule has 78 heavy (non-hydrogen) atoms. The van der Waals surface area contributed by atoms with Crippen molar-refractivity contribution in [2.24, 2.45) is 0 Å². The molecule has 446 valence electrons. The van der Waals surface area contributed by atoms with E-state index in [1.165, 1.54) is 141 Å². The van der Waals surface area contributed by atoms with Gasteiger partial charge in [0.25, 0.3) is 0 Å². The molecule has 0 spiro atoms. The quantitative estimate of drug-likeness (QED) is 0.0261. The van der Waals surface area contributed by atoms with Crippen molar-refractivity contribution in [3.63, 3.8) is 0 Å². The van der Waals surface area contributed by atoms with Crippen molar-refractivity contribution in [1.29, 1.82) is 0 Å². The van der Waals surface area contributed by atoms with Crippen LogP contribution in [0.3, 0.4) is 0 Å². The molecule has 0 bridgehead atoms. The van der Waals surface area contributed by atoms with Crippen molar-refractivity contribution in [3.05, 3.63) is 109 Å².